The van der Waals surface area contributed by atoms with E-state index in [0.717, 1.165) is 38.5 Å². The van der Waals surface area contributed by atoms with E-state index in [1.54, 1.807) is 6.92 Å². The maximum Gasteiger partial charge on any atom is 0.337 e. The highest BCUT2D eigenvalue weighted by molar-refractivity contribution is 5.74. The Morgan fingerprint density at radius 1 is 0.878 bits per heavy atom. The Labute approximate surface area is 248 Å². The number of hydrogen-bond donors (Lipinski definition) is 2. The van der Waals surface area contributed by atoms with Crippen molar-refractivity contribution in [2.24, 2.45) is 56.7 Å². The summed E-state index contributed by atoms with van der Waals surface area (Å²) in [5.74, 6) is 1.66. The number of carbonyl (C=O) groups excluding carboxylic acids is 2. The lowest BCUT2D eigenvalue weighted by Gasteiger charge is -2.73. The maximum atomic E-state index is 12.4. The topological polar surface area (TPSA) is 93.1 Å². The van der Waals surface area contributed by atoms with Gasteiger partial charge in [0.25, 0.3) is 0 Å². The molecule has 0 bridgehead atoms. The highest BCUT2D eigenvalue weighted by Gasteiger charge is 2.71. The largest absolute Gasteiger partial charge is 0.463 e. The van der Waals surface area contributed by atoms with Crippen LogP contribution < -0.4 is 0 Å². The number of hydrogen-bond acceptors (Lipinski definition) is 6. The molecule has 4 unspecified atom stereocenters. The van der Waals surface area contributed by atoms with Crippen LogP contribution in [0.15, 0.2) is 12.2 Å². The van der Waals surface area contributed by atoms with E-state index >= 15 is 0 Å². The molecular weight excluding hydrogens is 516 g/mol. The standard InChI is InChI=1S/C35H56O6/c1-21(2)23-11-16-35(20-40-30(39)25(38)19-36)18-17-33(7)24(29(23)35)9-10-27-32(6)14-13-28(41-22(3)37)31(4,5)26(32)12-15-34(27,33)8/h23-29,36,38H,1,9-20H2,2-8H3/t23-,24?,25+,26?,27?,28-,29?,32-,33+,34+,35+/m0/s1. The average Bonchev–Trinajstić information content (AvgIpc) is 3.29. The van der Waals surface area contributed by atoms with E-state index in [1.165, 1.54) is 31.3 Å². The lowest BCUT2D eigenvalue weighted by Crippen LogP contribution is -2.67. The number of rotatable bonds is 6. The van der Waals surface area contributed by atoms with Gasteiger partial charge in [-0.15, -0.1) is 0 Å². The highest BCUT2D eigenvalue weighted by Crippen LogP contribution is 2.77. The first-order valence-corrected chi connectivity index (χ1v) is 16.4. The molecule has 5 saturated carbocycles. The summed E-state index contributed by atoms with van der Waals surface area (Å²) >= 11 is 0. The number of allylic oxidation sites excluding steroid dienone is 1. The van der Waals surface area contributed by atoms with Gasteiger partial charge in [0.1, 0.15) is 6.10 Å². The number of esters is 2. The predicted molar refractivity (Wildman–Crippen MR) is 159 cm³/mol. The first-order valence-electron chi connectivity index (χ1n) is 16.4. The van der Waals surface area contributed by atoms with Crippen molar-refractivity contribution < 1.29 is 29.3 Å². The fraction of sp³-hybridized carbons (Fsp3) is 0.886. The van der Waals surface area contributed by atoms with Gasteiger partial charge in [-0.3, -0.25) is 4.79 Å². The van der Waals surface area contributed by atoms with Crippen LogP contribution in [0, 0.1) is 56.7 Å². The van der Waals surface area contributed by atoms with Gasteiger partial charge in [0, 0.05) is 17.8 Å². The van der Waals surface area contributed by atoms with E-state index in [0.29, 0.717) is 36.2 Å². The van der Waals surface area contributed by atoms with Gasteiger partial charge in [-0.2, -0.15) is 0 Å². The highest BCUT2D eigenvalue weighted by atomic mass is 16.6. The van der Waals surface area contributed by atoms with Crippen molar-refractivity contribution >= 4 is 11.9 Å². The summed E-state index contributed by atoms with van der Waals surface area (Å²) in [6.45, 7) is 20.4. The second-order valence-electron chi connectivity index (χ2n) is 16.3. The maximum absolute atomic E-state index is 12.4. The Hall–Kier alpha value is -1.40. The first kappa shape index (κ1) is 31.0. The molecule has 0 amide bonds. The molecule has 5 fully saturated rings. The third kappa shape index (κ3) is 4.47. The zero-order chi connectivity index (χ0) is 30.2. The first-order chi connectivity index (χ1) is 19.1. The Balaban J connectivity index is 1.46. The van der Waals surface area contributed by atoms with Gasteiger partial charge in [-0.25, -0.2) is 4.79 Å². The van der Waals surface area contributed by atoms with Crippen LogP contribution in [-0.4, -0.2) is 47.6 Å². The molecule has 0 aromatic heterocycles. The third-order valence-corrected chi connectivity index (χ3v) is 14.4. The number of carbonyl (C=O) groups is 2. The molecular formula is C35H56O6. The molecule has 2 N–H and O–H groups in total. The minimum atomic E-state index is -1.47. The molecule has 232 valence electrons. The second kappa shape index (κ2) is 10.4. The molecule has 0 spiro atoms. The van der Waals surface area contributed by atoms with Crippen LogP contribution >= 0.6 is 0 Å². The summed E-state index contributed by atoms with van der Waals surface area (Å²) in [5, 5.41) is 19.2. The van der Waals surface area contributed by atoms with Gasteiger partial charge in [-0.05, 0) is 117 Å². The lowest BCUT2D eigenvalue weighted by molar-refractivity contribution is -0.252. The normalized spacial score (nSPS) is 47.1. The number of fused-ring (bicyclic) bond motifs is 7. The van der Waals surface area contributed by atoms with Gasteiger partial charge in [0.2, 0.25) is 0 Å². The zero-order valence-electron chi connectivity index (χ0n) is 26.8. The summed E-state index contributed by atoms with van der Waals surface area (Å²) in [6, 6.07) is 0. The molecule has 41 heavy (non-hydrogen) atoms. The van der Waals surface area contributed by atoms with E-state index in [1.807, 2.05) is 0 Å². The van der Waals surface area contributed by atoms with Crippen LogP contribution in [0.3, 0.4) is 0 Å². The van der Waals surface area contributed by atoms with Crippen molar-refractivity contribution in [2.45, 2.75) is 125 Å². The van der Waals surface area contributed by atoms with Crippen LogP contribution in [0.2, 0.25) is 0 Å². The predicted octanol–water partition coefficient (Wildman–Crippen LogP) is 6.47. The van der Waals surface area contributed by atoms with Crippen LogP contribution in [-0.2, 0) is 19.1 Å². The molecule has 0 saturated heterocycles. The summed E-state index contributed by atoms with van der Waals surface area (Å²) in [6.07, 6.45) is 9.63. The van der Waals surface area contributed by atoms with Gasteiger partial charge in [-0.1, -0.05) is 46.8 Å². The SMILES string of the molecule is C=C(C)[C@@H]1CC[C@]2(COC(=O)[C@H](O)CO)CC[C@]3(C)C(CCC4[C@@]5(C)CC[C@H](OC(C)=O)C(C)(C)C5CC[C@]43C)C12. The summed E-state index contributed by atoms with van der Waals surface area (Å²) in [7, 11) is 0. The van der Waals surface area contributed by atoms with Crippen LogP contribution in [0.1, 0.15) is 113 Å². The number of aliphatic hydroxyl groups excluding tert-OH is 2. The molecule has 6 heteroatoms. The van der Waals surface area contributed by atoms with E-state index < -0.39 is 18.7 Å². The van der Waals surface area contributed by atoms with Crippen LogP contribution in [0.5, 0.6) is 0 Å². The Bertz CT molecular complexity index is 1070. The molecule has 0 aromatic carbocycles. The van der Waals surface area contributed by atoms with Crippen LogP contribution in [0.4, 0.5) is 0 Å². The van der Waals surface area contributed by atoms with Gasteiger partial charge < -0.3 is 19.7 Å². The van der Waals surface area contributed by atoms with E-state index in [2.05, 4.69) is 48.1 Å². The summed E-state index contributed by atoms with van der Waals surface area (Å²) in [5.41, 5.74) is 1.73. The van der Waals surface area contributed by atoms with Gasteiger partial charge >= 0.3 is 11.9 Å². The van der Waals surface area contributed by atoms with Crippen molar-refractivity contribution in [2.75, 3.05) is 13.2 Å². The fourth-order valence-corrected chi connectivity index (χ4v) is 12.3. The molecule has 11 atom stereocenters. The molecule has 0 radical (unpaired) electrons. The average molecular weight is 573 g/mol. The number of ether oxygens (including phenoxy) is 2. The van der Waals surface area contributed by atoms with Gasteiger partial charge in [0.15, 0.2) is 6.10 Å². The monoisotopic (exact) mass is 572 g/mol. The molecule has 0 aromatic rings. The fourth-order valence-electron chi connectivity index (χ4n) is 12.3. The Kier molecular flexibility index (Phi) is 7.84. The smallest absolute Gasteiger partial charge is 0.337 e. The molecule has 0 aliphatic heterocycles. The Morgan fingerprint density at radius 3 is 2.22 bits per heavy atom. The summed E-state index contributed by atoms with van der Waals surface area (Å²) < 4.78 is 11.7. The summed E-state index contributed by atoms with van der Waals surface area (Å²) in [4.78, 5) is 24.4. The molecule has 6 nitrogen and oxygen atoms in total. The molecule has 5 rings (SSSR count). The van der Waals surface area contributed by atoms with Crippen molar-refractivity contribution in [3.63, 3.8) is 0 Å². The minimum Gasteiger partial charge on any atom is -0.463 e. The van der Waals surface area contributed by atoms with Crippen LogP contribution in [0.25, 0.3) is 0 Å². The minimum absolute atomic E-state index is 0.00784. The van der Waals surface area contributed by atoms with Crippen molar-refractivity contribution in [3.8, 4) is 0 Å². The van der Waals surface area contributed by atoms with Crippen molar-refractivity contribution in [1.29, 1.82) is 0 Å². The molecule has 0 heterocycles. The zero-order valence-corrected chi connectivity index (χ0v) is 26.8. The second-order valence-corrected chi connectivity index (χ2v) is 16.3. The van der Waals surface area contributed by atoms with Gasteiger partial charge in [0.05, 0.1) is 13.2 Å². The third-order valence-electron chi connectivity index (χ3n) is 14.4. The van der Waals surface area contributed by atoms with Crippen molar-refractivity contribution in [1.82, 2.24) is 0 Å². The van der Waals surface area contributed by atoms with E-state index in [-0.39, 0.29) is 39.1 Å². The van der Waals surface area contributed by atoms with Crippen molar-refractivity contribution in [3.05, 3.63) is 12.2 Å². The Morgan fingerprint density at radius 2 is 1.59 bits per heavy atom. The molecule has 5 aliphatic carbocycles. The number of aliphatic hydroxyl groups is 2. The lowest BCUT2D eigenvalue weighted by atomic mass is 9.32. The van der Waals surface area contributed by atoms with E-state index in [9.17, 15) is 19.8 Å². The van der Waals surface area contributed by atoms with E-state index in [4.69, 9.17) is 9.47 Å². The quantitative estimate of drug-likeness (QED) is 0.280. The molecule has 5 aliphatic rings.